The maximum atomic E-state index is 13.3. The van der Waals surface area contributed by atoms with Crippen molar-refractivity contribution in [3.05, 3.63) is 60.1 Å². The summed E-state index contributed by atoms with van der Waals surface area (Å²) >= 11 is 0. The molecule has 1 aliphatic heterocycles. The third-order valence-electron chi connectivity index (χ3n) is 7.37. The van der Waals surface area contributed by atoms with Crippen LogP contribution in [0.3, 0.4) is 0 Å². The summed E-state index contributed by atoms with van der Waals surface area (Å²) in [6, 6.07) is 5.91. The normalized spacial score (nSPS) is 17.6. The Morgan fingerprint density at radius 2 is 2.05 bits per heavy atom. The maximum Gasteiger partial charge on any atom is 0.169 e. The number of fused-ring (bicyclic) bond motifs is 2. The highest BCUT2D eigenvalue weighted by Gasteiger charge is 2.35. The number of carbonyl (C=O) groups is 2. The number of likely N-dealkylation sites (tertiary alicyclic amines) is 1. The second kappa shape index (κ2) is 9.54. The number of ketones is 2. The van der Waals surface area contributed by atoms with Crippen LogP contribution in [0, 0.1) is 17.8 Å². The number of nitrogen functional groups attached to an aromatic ring is 1. The predicted molar refractivity (Wildman–Crippen MR) is 146 cm³/mol. The molecular formula is C29H29N7O2. The molecule has 1 atom stereocenters. The molecule has 4 aromatic rings. The van der Waals surface area contributed by atoms with Crippen molar-refractivity contribution < 1.29 is 9.59 Å². The quantitative estimate of drug-likeness (QED) is 0.232. The largest absolute Gasteiger partial charge is 0.383 e. The summed E-state index contributed by atoms with van der Waals surface area (Å²) in [5.74, 6) is 6.83. The first kappa shape index (κ1) is 24.1. The summed E-state index contributed by atoms with van der Waals surface area (Å²) in [7, 11) is 0. The Hall–Kier alpha value is -4.29. The van der Waals surface area contributed by atoms with Gasteiger partial charge in [0.15, 0.2) is 11.6 Å². The van der Waals surface area contributed by atoms with Crippen LogP contribution in [0.4, 0.5) is 5.82 Å². The van der Waals surface area contributed by atoms with Crippen LogP contribution in [0.5, 0.6) is 0 Å². The molecule has 4 heterocycles. The fourth-order valence-corrected chi connectivity index (χ4v) is 5.17. The van der Waals surface area contributed by atoms with Crippen LogP contribution in [0.2, 0.25) is 0 Å². The van der Waals surface area contributed by atoms with E-state index in [-0.39, 0.29) is 23.5 Å². The van der Waals surface area contributed by atoms with Crippen LogP contribution >= 0.6 is 0 Å². The summed E-state index contributed by atoms with van der Waals surface area (Å²) < 4.78 is 3.80. The molecule has 3 aromatic heterocycles. The van der Waals surface area contributed by atoms with Crippen molar-refractivity contribution in [2.24, 2.45) is 5.92 Å². The SMILES string of the molecule is C=CC(=O)CN1CC[C@H](n2nc(C#Cc3ccc4cn(CC)nc4c3)c3c(N)ncc(C(=O)C4CC4)c32)C1. The zero-order valence-electron chi connectivity index (χ0n) is 21.4. The highest BCUT2D eigenvalue weighted by molar-refractivity contribution is 6.11. The summed E-state index contributed by atoms with van der Waals surface area (Å²) in [6.07, 6.45) is 7.53. The molecule has 6 rings (SSSR count). The first-order valence-corrected chi connectivity index (χ1v) is 13.0. The molecule has 2 aliphatic rings. The molecule has 2 fully saturated rings. The van der Waals surface area contributed by atoms with Gasteiger partial charge in [-0.25, -0.2) is 4.98 Å². The Kier molecular flexibility index (Phi) is 6.04. The van der Waals surface area contributed by atoms with Gasteiger partial charge in [-0.3, -0.25) is 23.9 Å². The molecule has 0 unspecified atom stereocenters. The molecule has 9 nitrogen and oxygen atoms in total. The van der Waals surface area contributed by atoms with E-state index in [1.165, 1.54) is 6.08 Å². The van der Waals surface area contributed by atoms with Crippen LogP contribution in [0.1, 0.15) is 53.8 Å². The standard InChI is InChI=1S/C29H29N7O2/c1-3-22(37)17-34-12-11-21(16-34)36-27-23(28(38)19-8-9-19)14-31-29(30)26(27)24(33-36)10-6-18-5-7-20-15-35(4-2)32-25(20)13-18/h3,5,7,13-15,19,21H,1,4,8-9,11-12,16-17H2,2H3,(H2,30,31)/t21-/m0/s1. The van der Waals surface area contributed by atoms with Crippen molar-refractivity contribution in [3.8, 4) is 11.8 Å². The van der Waals surface area contributed by atoms with Gasteiger partial charge in [0.1, 0.15) is 11.5 Å². The summed E-state index contributed by atoms with van der Waals surface area (Å²) in [6.45, 7) is 8.14. The number of hydrogen-bond acceptors (Lipinski definition) is 7. The van der Waals surface area contributed by atoms with Gasteiger partial charge in [-0.05, 0) is 56.4 Å². The number of anilines is 1. The lowest BCUT2D eigenvalue weighted by Gasteiger charge is -2.16. The highest BCUT2D eigenvalue weighted by Crippen LogP contribution is 2.37. The number of aromatic nitrogens is 5. The van der Waals surface area contributed by atoms with Crippen molar-refractivity contribution in [2.45, 2.75) is 38.8 Å². The van der Waals surface area contributed by atoms with E-state index in [4.69, 9.17) is 10.8 Å². The van der Waals surface area contributed by atoms with E-state index < -0.39 is 0 Å². The average molecular weight is 508 g/mol. The van der Waals surface area contributed by atoms with Gasteiger partial charge in [0.05, 0.1) is 34.6 Å². The minimum atomic E-state index is -0.0208. The molecule has 1 aliphatic carbocycles. The van der Waals surface area contributed by atoms with Crippen LogP contribution in [0.25, 0.3) is 21.8 Å². The van der Waals surface area contributed by atoms with E-state index in [1.807, 2.05) is 33.8 Å². The van der Waals surface area contributed by atoms with Gasteiger partial charge in [0.25, 0.3) is 0 Å². The summed E-state index contributed by atoms with van der Waals surface area (Å²) in [4.78, 5) is 31.7. The Balaban J connectivity index is 1.43. The van der Waals surface area contributed by atoms with Crippen molar-refractivity contribution in [1.29, 1.82) is 0 Å². The van der Waals surface area contributed by atoms with Crippen molar-refractivity contribution in [1.82, 2.24) is 29.4 Å². The lowest BCUT2D eigenvalue weighted by Crippen LogP contribution is -2.27. The average Bonchev–Trinajstić information content (AvgIpc) is 3.35. The monoisotopic (exact) mass is 507 g/mol. The molecule has 2 N–H and O–H groups in total. The van der Waals surface area contributed by atoms with E-state index in [2.05, 4.69) is 40.3 Å². The Morgan fingerprint density at radius 1 is 1.21 bits per heavy atom. The number of rotatable bonds is 7. The van der Waals surface area contributed by atoms with Gasteiger partial charge in [-0.2, -0.15) is 10.2 Å². The van der Waals surface area contributed by atoms with Crippen LogP contribution in [0.15, 0.2) is 43.2 Å². The van der Waals surface area contributed by atoms with Crippen LogP contribution in [-0.4, -0.2) is 60.6 Å². The van der Waals surface area contributed by atoms with Crippen LogP contribution < -0.4 is 5.73 Å². The molecular weight excluding hydrogens is 478 g/mol. The number of nitrogens with zero attached hydrogens (tertiary/aromatic N) is 6. The number of pyridine rings is 1. The van der Waals surface area contributed by atoms with Crippen molar-refractivity contribution >= 4 is 39.2 Å². The summed E-state index contributed by atoms with van der Waals surface area (Å²) in [5, 5.41) is 11.2. The first-order chi connectivity index (χ1) is 18.4. The second-order valence-corrected chi connectivity index (χ2v) is 10.1. The van der Waals surface area contributed by atoms with E-state index in [9.17, 15) is 9.59 Å². The Morgan fingerprint density at radius 3 is 2.82 bits per heavy atom. The number of benzene rings is 1. The molecule has 9 heteroatoms. The van der Waals surface area contributed by atoms with E-state index in [1.54, 1.807) is 6.20 Å². The lowest BCUT2D eigenvalue weighted by molar-refractivity contribution is -0.115. The third-order valence-corrected chi connectivity index (χ3v) is 7.37. The van der Waals surface area contributed by atoms with E-state index in [0.717, 1.165) is 48.8 Å². The fraction of sp³-hybridized carbons (Fsp3) is 0.345. The predicted octanol–water partition coefficient (Wildman–Crippen LogP) is 3.38. The number of aryl methyl sites for hydroxylation is 1. The van der Waals surface area contributed by atoms with Gasteiger partial charge in [0, 0.05) is 48.9 Å². The second-order valence-electron chi connectivity index (χ2n) is 10.1. The third kappa shape index (κ3) is 4.37. The molecule has 1 aromatic carbocycles. The number of nitrogens with two attached hydrogens (primary N) is 1. The maximum absolute atomic E-state index is 13.3. The van der Waals surface area contributed by atoms with Gasteiger partial charge >= 0.3 is 0 Å². The van der Waals surface area contributed by atoms with Gasteiger partial charge in [-0.15, -0.1) is 0 Å². The topological polar surface area (TPSA) is 112 Å². The molecule has 0 bridgehead atoms. The van der Waals surface area contributed by atoms with E-state index in [0.29, 0.717) is 41.1 Å². The molecule has 1 saturated heterocycles. The highest BCUT2D eigenvalue weighted by atomic mass is 16.1. The van der Waals surface area contributed by atoms with Gasteiger partial charge in [0.2, 0.25) is 0 Å². The zero-order valence-corrected chi connectivity index (χ0v) is 21.4. The zero-order chi connectivity index (χ0) is 26.4. The molecule has 1 saturated carbocycles. The molecule has 38 heavy (non-hydrogen) atoms. The summed E-state index contributed by atoms with van der Waals surface area (Å²) in [5.41, 5.74) is 9.81. The lowest BCUT2D eigenvalue weighted by atomic mass is 10.0. The first-order valence-electron chi connectivity index (χ1n) is 13.0. The molecule has 0 amide bonds. The number of hydrogen-bond donors (Lipinski definition) is 1. The number of Topliss-reactive ketones (excluding diaryl/α,β-unsaturated/α-hetero) is 1. The minimum absolute atomic E-state index is 0.0127. The van der Waals surface area contributed by atoms with E-state index >= 15 is 0 Å². The molecule has 0 radical (unpaired) electrons. The molecule has 0 spiro atoms. The van der Waals surface area contributed by atoms with Crippen molar-refractivity contribution in [3.63, 3.8) is 0 Å². The smallest absolute Gasteiger partial charge is 0.169 e. The van der Waals surface area contributed by atoms with Gasteiger partial charge in [-0.1, -0.05) is 12.5 Å². The number of carbonyl (C=O) groups excluding carboxylic acids is 2. The Labute approximate surface area is 220 Å². The molecule has 192 valence electrons. The van der Waals surface area contributed by atoms with Crippen LogP contribution in [-0.2, 0) is 11.3 Å². The minimum Gasteiger partial charge on any atom is -0.383 e. The van der Waals surface area contributed by atoms with Crippen molar-refractivity contribution in [2.75, 3.05) is 25.4 Å². The fourth-order valence-electron chi connectivity index (χ4n) is 5.17. The Bertz CT molecular complexity index is 1660. The van der Waals surface area contributed by atoms with Gasteiger partial charge < -0.3 is 5.73 Å².